The van der Waals surface area contributed by atoms with Crippen molar-refractivity contribution in [2.24, 2.45) is 0 Å². The monoisotopic (exact) mass is 743 g/mol. The fraction of sp³-hybridized carbons (Fsp3) is 0.0256. The SMILES string of the molecule is Cc1ccc(-c2[c-]cccc2)nc1.[Ir+3].[c-]1c(-n2[c-][n+](-c3ccccc3)cc2)ccc2c1c1cccc3c4ccccc4n2c13. The largest absolute Gasteiger partial charge is 3.00 e. The molecule has 0 saturated carbocycles. The molecule has 9 rings (SSSR count). The van der Waals surface area contributed by atoms with E-state index >= 15 is 0 Å². The van der Waals surface area contributed by atoms with Gasteiger partial charge in [0, 0.05) is 35.0 Å². The van der Waals surface area contributed by atoms with Gasteiger partial charge in [-0.15, -0.1) is 59.5 Å². The van der Waals surface area contributed by atoms with E-state index in [2.05, 4.69) is 101 Å². The second-order valence-electron chi connectivity index (χ2n) is 10.6. The summed E-state index contributed by atoms with van der Waals surface area (Å²) in [5, 5.41) is 4.98. The second-order valence-corrected chi connectivity index (χ2v) is 10.6. The van der Waals surface area contributed by atoms with Gasteiger partial charge in [0.1, 0.15) is 0 Å². The third kappa shape index (κ3) is 4.77. The Hall–Kier alpha value is -5.09. The Morgan fingerprint density at radius 2 is 1.50 bits per heavy atom. The molecule has 4 nitrogen and oxygen atoms in total. The average molecular weight is 743 g/mol. The van der Waals surface area contributed by atoms with Crippen molar-refractivity contribution in [3.05, 3.63) is 164 Å². The zero-order valence-corrected chi connectivity index (χ0v) is 26.3. The van der Waals surface area contributed by atoms with E-state index in [-0.39, 0.29) is 20.1 Å². The van der Waals surface area contributed by atoms with Gasteiger partial charge in [-0.1, -0.05) is 72.1 Å². The normalized spacial score (nSPS) is 11.1. The molecule has 0 aliphatic rings. The summed E-state index contributed by atoms with van der Waals surface area (Å²) < 4.78 is 6.37. The van der Waals surface area contributed by atoms with Crippen LogP contribution < -0.4 is 4.57 Å². The number of imidazole rings is 1. The van der Waals surface area contributed by atoms with Crippen LogP contribution in [0.4, 0.5) is 0 Å². The Morgan fingerprint density at radius 1 is 0.705 bits per heavy atom. The molecule has 0 N–H and O–H groups in total. The van der Waals surface area contributed by atoms with E-state index in [0.29, 0.717) is 0 Å². The van der Waals surface area contributed by atoms with Gasteiger partial charge in [0.05, 0.1) is 5.69 Å². The van der Waals surface area contributed by atoms with Crippen LogP contribution in [0.2, 0.25) is 0 Å². The van der Waals surface area contributed by atoms with Gasteiger partial charge in [0.25, 0.3) is 6.33 Å². The van der Waals surface area contributed by atoms with Crippen LogP contribution in [0, 0.1) is 25.4 Å². The maximum Gasteiger partial charge on any atom is 3.00 e. The summed E-state index contributed by atoms with van der Waals surface area (Å²) in [5.74, 6) is 0. The number of para-hydroxylation sites is 3. The molecule has 0 radical (unpaired) electrons. The molecular formula is C39H26IrN4+. The summed E-state index contributed by atoms with van der Waals surface area (Å²) in [6.07, 6.45) is 9.32. The maximum absolute atomic E-state index is 4.32. The van der Waals surface area contributed by atoms with Gasteiger partial charge in [-0.05, 0) is 53.0 Å². The Morgan fingerprint density at radius 3 is 2.32 bits per heavy atom. The van der Waals surface area contributed by atoms with E-state index < -0.39 is 0 Å². The predicted octanol–water partition coefficient (Wildman–Crippen LogP) is 8.36. The van der Waals surface area contributed by atoms with E-state index in [9.17, 15) is 0 Å². The van der Waals surface area contributed by atoms with Crippen LogP contribution in [-0.2, 0) is 20.1 Å². The number of benzene rings is 5. The number of aromatic nitrogens is 4. The number of rotatable bonds is 3. The van der Waals surface area contributed by atoms with Gasteiger partial charge in [-0.25, -0.2) is 0 Å². The van der Waals surface area contributed by atoms with Gasteiger partial charge in [-0.2, -0.15) is 0 Å². The first-order valence-electron chi connectivity index (χ1n) is 14.3. The van der Waals surface area contributed by atoms with Crippen molar-refractivity contribution in [2.75, 3.05) is 0 Å². The molecule has 0 fully saturated rings. The van der Waals surface area contributed by atoms with Crippen LogP contribution in [-0.4, -0.2) is 14.0 Å². The van der Waals surface area contributed by atoms with Gasteiger partial charge in [-0.3, -0.25) is 4.57 Å². The first-order chi connectivity index (χ1) is 21.2. The van der Waals surface area contributed by atoms with Crippen LogP contribution in [0.25, 0.3) is 60.7 Å². The molecule has 0 aliphatic heterocycles. The van der Waals surface area contributed by atoms with Crippen molar-refractivity contribution >= 4 is 38.1 Å². The van der Waals surface area contributed by atoms with Gasteiger partial charge >= 0.3 is 20.1 Å². The third-order valence-electron chi connectivity index (χ3n) is 7.88. The minimum Gasteiger partial charge on any atom is -0.358 e. The van der Waals surface area contributed by atoms with E-state index in [4.69, 9.17) is 0 Å². The molecule has 0 saturated heterocycles. The van der Waals surface area contributed by atoms with Crippen molar-refractivity contribution in [2.45, 2.75) is 6.92 Å². The summed E-state index contributed by atoms with van der Waals surface area (Å²) >= 11 is 0. The fourth-order valence-electron chi connectivity index (χ4n) is 5.84. The van der Waals surface area contributed by atoms with Crippen molar-refractivity contribution in [1.29, 1.82) is 0 Å². The Labute approximate surface area is 269 Å². The number of hydrogen-bond acceptors (Lipinski definition) is 1. The molecule has 0 unspecified atom stereocenters. The Bertz CT molecular complexity index is 2340. The van der Waals surface area contributed by atoms with Crippen LogP contribution in [0.1, 0.15) is 5.56 Å². The first kappa shape index (κ1) is 27.7. The summed E-state index contributed by atoms with van der Waals surface area (Å²) in [6, 6.07) is 48.5. The molecule has 0 bridgehead atoms. The molecule has 0 aliphatic carbocycles. The predicted molar refractivity (Wildman–Crippen MR) is 173 cm³/mol. The van der Waals surface area contributed by atoms with Gasteiger partial charge < -0.3 is 14.0 Å². The quantitative estimate of drug-likeness (QED) is 0.132. The summed E-state index contributed by atoms with van der Waals surface area (Å²) in [7, 11) is 0. The Kier molecular flexibility index (Phi) is 7.27. The first-order valence-corrected chi connectivity index (χ1v) is 14.3. The third-order valence-corrected chi connectivity index (χ3v) is 7.88. The molecule has 4 aromatic heterocycles. The van der Waals surface area contributed by atoms with E-state index in [1.54, 1.807) is 0 Å². The Balaban J connectivity index is 0.000000189. The molecule has 9 aromatic rings. The maximum atomic E-state index is 4.32. The molecule has 0 atom stereocenters. The van der Waals surface area contributed by atoms with Gasteiger partial charge in [0.2, 0.25) is 0 Å². The summed E-state index contributed by atoms with van der Waals surface area (Å²) in [5.41, 5.74) is 8.98. The zero-order chi connectivity index (χ0) is 28.8. The van der Waals surface area contributed by atoms with Crippen LogP contribution >= 0.6 is 0 Å². The molecule has 0 spiro atoms. The topological polar surface area (TPSA) is 26.1 Å². The average Bonchev–Trinajstić information content (AvgIpc) is 3.79. The van der Waals surface area contributed by atoms with E-state index in [0.717, 1.165) is 28.0 Å². The van der Waals surface area contributed by atoms with Gasteiger partial charge in [0.15, 0.2) is 0 Å². The smallest absolute Gasteiger partial charge is 0.358 e. The number of hydrogen-bond donors (Lipinski definition) is 0. The van der Waals surface area contributed by atoms with Crippen molar-refractivity contribution in [3.8, 4) is 22.6 Å². The molecule has 44 heavy (non-hydrogen) atoms. The van der Waals surface area contributed by atoms with Crippen LogP contribution in [0.3, 0.4) is 0 Å². The molecule has 4 heterocycles. The number of aryl methyl sites for hydroxylation is 1. The second kappa shape index (κ2) is 11.5. The zero-order valence-electron chi connectivity index (χ0n) is 23.9. The van der Waals surface area contributed by atoms with E-state index in [1.165, 1.54) is 38.3 Å². The van der Waals surface area contributed by atoms with Crippen LogP contribution in [0.5, 0.6) is 0 Å². The summed E-state index contributed by atoms with van der Waals surface area (Å²) in [6.45, 7) is 2.03. The van der Waals surface area contributed by atoms with Crippen LogP contribution in [0.15, 0.2) is 140 Å². The van der Waals surface area contributed by atoms with Crippen molar-refractivity contribution in [1.82, 2.24) is 14.0 Å². The molecule has 5 heteroatoms. The number of fused-ring (bicyclic) bond motifs is 6. The minimum absolute atomic E-state index is 0. The summed E-state index contributed by atoms with van der Waals surface area (Å²) in [4.78, 5) is 4.32. The van der Waals surface area contributed by atoms with Crippen molar-refractivity contribution < 1.29 is 24.7 Å². The molecular weight excluding hydrogens is 717 g/mol. The number of nitrogens with zero attached hydrogens (tertiary/aromatic N) is 4. The number of pyridine rings is 1. The van der Waals surface area contributed by atoms with Crippen molar-refractivity contribution in [3.63, 3.8) is 0 Å². The molecule has 0 amide bonds. The fourth-order valence-corrected chi connectivity index (χ4v) is 5.84. The standard InChI is InChI=1S/C27H16N3.C12H10N.Ir/c1-2-7-19(8-3-1)28-15-16-29(18-28)20-13-14-26-24(17-20)23-11-6-10-22-21-9-4-5-12-25(21)30(26)27(22)23;1-10-7-8-12(13-9-10)11-5-3-2-4-6-11;/h1-16H;2-5,7-9H,1H3;/q2*-1;+3. The molecule has 5 aromatic carbocycles. The minimum atomic E-state index is 0. The molecule has 210 valence electrons. The van der Waals surface area contributed by atoms with E-state index in [1.807, 2.05) is 83.2 Å².